The predicted octanol–water partition coefficient (Wildman–Crippen LogP) is 4.83. The molecule has 0 spiro atoms. The van der Waals surface area contributed by atoms with Crippen molar-refractivity contribution in [3.8, 4) is 11.8 Å². The van der Waals surface area contributed by atoms with Crippen LogP contribution in [0.15, 0.2) is 65.8 Å². The van der Waals surface area contributed by atoms with Crippen molar-refractivity contribution in [2.75, 3.05) is 0 Å². The van der Waals surface area contributed by atoms with Gasteiger partial charge in [0.15, 0.2) is 11.6 Å². The first-order valence-corrected chi connectivity index (χ1v) is 8.69. The lowest BCUT2D eigenvalue weighted by Gasteiger charge is -2.04. The average molecular weight is 358 g/mol. The molecule has 0 atom stereocenters. The van der Waals surface area contributed by atoms with E-state index < -0.39 is 11.6 Å². The molecule has 0 bridgehead atoms. The Balaban J connectivity index is 1.47. The summed E-state index contributed by atoms with van der Waals surface area (Å²) < 4.78 is 26.4. The van der Waals surface area contributed by atoms with Crippen LogP contribution in [0.25, 0.3) is 0 Å². The van der Waals surface area contributed by atoms with Crippen molar-refractivity contribution in [2.24, 2.45) is 4.99 Å². The predicted molar refractivity (Wildman–Crippen MR) is 102 cm³/mol. The number of aliphatic imine (C=N–C) groups is 1. The summed E-state index contributed by atoms with van der Waals surface area (Å²) in [5.41, 5.74) is 5.28. The summed E-state index contributed by atoms with van der Waals surface area (Å²) in [7, 11) is 0. The Morgan fingerprint density at radius 1 is 0.889 bits per heavy atom. The summed E-state index contributed by atoms with van der Waals surface area (Å²) in [6.45, 7) is 0. The van der Waals surface area contributed by atoms with E-state index >= 15 is 0 Å². The van der Waals surface area contributed by atoms with Gasteiger partial charge in [-0.05, 0) is 41.3 Å². The van der Waals surface area contributed by atoms with Crippen LogP contribution in [-0.4, -0.2) is 10.7 Å². The Labute approximate surface area is 156 Å². The van der Waals surface area contributed by atoms with Gasteiger partial charge in [-0.2, -0.15) is 0 Å². The van der Waals surface area contributed by atoms with Crippen molar-refractivity contribution in [2.45, 2.75) is 19.3 Å². The molecule has 0 unspecified atom stereocenters. The van der Waals surface area contributed by atoms with E-state index in [2.05, 4.69) is 21.8 Å². The van der Waals surface area contributed by atoms with Crippen LogP contribution in [-0.2, 0) is 19.3 Å². The molecule has 2 nitrogen and oxygen atoms in total. The van der Waals surface area contributed by atoms with Crippen molar-refractivity contribution in [3.05, 3.63) is 94.8 Å². The molecule has 4 rings (SSSR count). The molecule has 27 heavy (non-hydrogen) atoms. The molecule has 2 aromatic carbocycles. The number of hydrogen-bond donors (Lipinski definition) is 0. The molecule has 0 aliphatic carbocycles. The summed E-state index contributed by atoms with van der Waals surface area (Å²) >= 11 is 0. The number of rotatable bonds is 3. The van der Waals surface area contributed by atoms with Crippen LogP contribution in [0, 0.1) is 23.5 Å². The van der Waals surface area contributed by atoms with E-state index in [9.17, 15) is 8.78 Å². The lowest BCUT2D eigenvalue weighted by molar-refractivity contribution is 0.507. The van der Waals surface area contributed by atoms with Crippen LogP contribution >= 0.6 is 0 Å². The van der Waals surface area contributed by atoms with Gasteiger partial charge in [-0.15, -0.1) is 0 Å². The average Bonchev–Trinajstić information content (AvgIpc) is 3.08. The van der Waals surface area contributed by atoms with Crippen LogP contribution in [0.5, 0.6) is 0 Å². The fourth-order valence-electron chi connectivity index (χ4n) is 3.00. The standard InChI is InChI=1S/C23H16F2N2/c24-20-10-9-17(12-21(20)25)11-18-13-23-22(26-15-18)14-19(27-23)8-4-7-16-5-2-1-3-6-16/h1-3,5-6,9-10,12-13,15H,7,11,14H2. The molecule has 4 heteroatoms. The summed E-state index contributed by atoms with van der Waals surface area (Å²) in [6.07, 6.45) is 3.55. The maximum Gasteiger partial charge on any atom is 0.159 e. The lowest BCUT2D eigenvalue weighted by atomic mass is 10.1. The maximum atomic E-state index is 13.4. The normalized spacial score (nSPS) is 12.1. The second-order valence-electron chi connectivity index (χ2n) is 6.43. The van der Waals surface area contributed by atoms with E-state index in [1.807, 2.05) is 36.4 Å². The molecule has 0 amide bonds. The first-order valence-electron chi connectivity index (χ1n) is 8.69. The van der Waals surface area contributed by atoms with Crippen LogP contribution in [0.1, 0.15) is 22.4 Å². The van der Waals surface area contributed by atoms with Gasteiger partial charge < -0.3 is 0 Å². The number of benzene rings is 2. The zero-order valence-electron chi connectivity index (χ0n) is 14.5. The molecule has 1 aliphatic heterocycles. The van der Waals surface area contributed by atoms with Crippen molar-refractivity contribution in [1.82, 2.24) is 4.98 Å². The SMILES string of the molecule is Fc1ccc(Cc2cnc3c(c2)N=C(C#CCc2ccccc2)C3)cc1F. The van der Waals surface area contributed by atoms with Crippen molar-refractivity contribution >= 4 is 11.4 Å². The Hall–Kier alpha value is -3.32. The zero-order chi connectivity index (χ0) is 18.6. The maximum absolute atomic E-state index is 13.4. The van der Waals surface area contributed by atoms with Crippen LogP contribution in [0.3, 0.4) is 0 Å². The highest BCUT2D eigenvalue weighted by atomic mass is 19.2. The van der Waals surface area contributed by atoms with E-state index in [1.54, 1.807) is 12.3 Å². The van der Waals surface area contributed by atoms with Crippen LogP contribution in [0.2, 0.25) is 0 Å². The lowest BCUT2D eigenvalue weighted by Crippen LogP contribution is -1.97. The van der Waals surface area contributed by atoms with Crippen LogP contribution in [0.4, 0.5) is 14.5 Å². The fourth-order valence-corrected chi connectivity index (χ4v) is 3.00. The van der Waals surface area contributed by atoms with Gasteiger partial charge in [-0.1, -0.05) is 48.2 Å². The Morgan fingerprint density at radius 2 is 1.74 bits per heavy atom. The molecule has 1 aliphatic rings. The highest BCUT2D eigenvalue weighted by Crippen LogP contribution is 2.26. The minimum absolute atomic E-state index is 0.474. The van der Waals surface area contributed by atoms with E-state index in [0.717, 1.165) is 28.7 Å². The summed E-state index contributed by atoms with van der Waals surface area (Å²) in [5, 5.41) is 0. The fraction of sp³-hybridized carbons (Fsp3) is 0.130. The molecule has 3 aromatic rings. The van der Waals surface area contributed by atoms with Crippen LogP contribution < -0.4 is 0 Å². The van der Waals surface area contributed by atoms with Crippen molar-refractivity contribution < 1.29 is 8.78 Å². The second kappa shape index (κ2) is 7.51. The Bertz CT molecular complexity index is 1080. The highest BCUT2D eigenvalue weighted by Gasteiger charge is 2.15. The zero-order valence-corrected chi connectivity index (χ0v) is 14.5. The monoisotopic (exact) mass is 358 g/mol. The summed E-state index contributed by atoms with van der Waals surface area (Å²) in [5.74, 6) is 4.61. The molecule has 0 N–H and O–H groups in total. The molecule has 2 heterocycles. The van der Waals surface area contributed by atoms with Crippen molar-refractivity contribution in [3.63, 3.8) is 0 Å². The number of pyridine rings is 1. The Kier molecular flexibility index (Phi) is 4.76. The number of nitrogens with zero attached hydrogens (tertiary/aromatic N) is 2. The van der Waals surface area contributed by atoms with Gasteiger partial charge in [-0.3, -0.25) is 4.98 Å². The van der Waals surface area contributed by atoms with Gasteiger partial charge in [0.2, 0.25) is 0 Å². The van der Waals surface area contributed by atoms with Gasteiger partial charge in [-0.25, -0.2) is 13.8 Å². The molecule has 0 saturated carbocycles. The number of hydrogen-bond acceptors (Lipinski definition) is 2. The van der Waals surface area contributed by atoms with Gasteiger partial charge in [0, 0.05) is 19.0 Å². The topological polar surface area (TPSA) is 25.2 Å². The van der Waals surface area contributed by atoms with Gasteiger partial charge in [0.25, 0.3) is 0 Å². The number of aromatic nitrogens is 1. The molecule has 0 saturated heterocycles. The third-order valence-corrected chi connectivity index (χ3v) is 4.35. The Morgan fingerprint density at radius 3 is 2.56 bits per heavy atom. The van der Waals surface area contributed by atoms with E-state index in [0.29, 0.717) is 24.8 Å². The number of halogens is 2. The van der Waals surface area contributed by atoms with E-state index in [4.69, 9.17) is 0 Å². The molecular formula is C23H16F2N2. The third kappa shape index (κ3) is 4.09. The van der Waals surface area contributed by atoms with Gasteiger partial charge >= 0.3 is 0 Å². The number of fused-ring (bicyclic) bond motifs is 1. The minimum Gasteiger partial charge on any atom is -0.258 e. The third-order valence-electron chi connectivity index (χ3n) is 4.35. The van der Waals surface area contributed by atoms with E-state index in [1.165, 1.54) is 11.6 Å². The highest BCUT2D eigenvalue weighted by molar-refractivity contribution is 6.06. The summed E-state index contributed by atoms with van der Waals surface area (Å²) in [6, 6.07) is 16.0. The van der Waals surface area contributed by atoms with Gasteiger partial charge in [0.05, 0.1) is 17.1 Å². The van der Waals surface area contributed by atoms with E-state index in [-0.39, 0.29) is 0 Å². The second-order valence-corrected chi connectivity index (χ2v) is 6.43. The van der Waals surface area contributed by atoms with Crippen molar-refractivity contribution in [1.29, 1.82) is 0 Å². The minimum atomic E-state index is -0.839. The largest absolute Gasteiger partial charge is 0.258 e. The molecule has 1 aromatic heterocycles. The first-order chi connectivity index (χ1) is 13.2. The molecule has 0 radical (unpaired) electrons. The quantitative estimate of drug-likeness (QED) is 0.616. The summed E-state index contributed by atoms with van der Waals surface area (Å²) in [4.78, 5) is 9.02. The molecular weight excluding hydrogens is 342 g/mol. The molecule has 0 fully saturated rings. The smallest absolute Gasteiger partial charge is 0.159 e. The molecule has 132 valence electrons. The first kappa shape index (κ1) is 17.1. The van der Waals surface area contributed by atoms with Gasteiger partial charge in [0.1, 0.15) is 0 Å².